The van der Waals surface area contributed by atoms with E-state index in [2.05, 4.69) is 26.2 Å². The molecular formula is C9H8BrN3O3. The third-order valence-electron chi connectivity index (χ3n) is 2.07. The van der Waals surface area contributed by atoms with Crippen LogP contribution in [0.3, 0.4) is 0 Å². The molecule has 0 aromatic carbocycles. The second-order valence-corrected chi connectivity index (χ2v) is 4.24. The van der Waals surface area contributed by atoms with Crippen LogP contribution in [0.5, 0.6) is 0 Å². The van der Waals surface area contributed by atoms with E-state index in [0.29, 0.717) is 11.5 Å². The number of hydrogen-bond donors (Lipinski definition) is 2. The average Bonchev–Trinajstić information content (AvgIpc) is 2.15. The number of anilines is 2. The number of carboxylic acids is 1. The van der Waals surface area contributed by atoms with Crippen LogP contribution in [0.25, 0.3) is 0 Å². The van der Waals surface area contributed by atoms with Gasteiger partial charge in [-0.05, 0) is 22.0 Å². The van der Waals surface area contributed by atoms with Crippen molar-refractivity contribution in [2.75, 3.05) is 23.3 Å². The number of carboxylic acid groups (broad SMARTS) is 1. The van der Waals surface area contributed by atoms with Gasteiger partial charge in [0.05, 0.1) is 12.2 Å². The molecule has 0 fully saturated rings. The van der Waals surface area contributed by atoms with Gasteiger partial charge >= 0.3 is 5.97 Å². The first-order valence-electron chi connectivity index (χ1n) is 4.48. The fraction of sp³-hybridized carbons (Fsp3) is 0.222. The number of aliphatic carboxylic acids is 1. The summed E-state index contributed by atoms with van der Waals surface area (Å²) in [5, 5.41) is 11.4. The van der Waals surface area contributed by atoms with Crippen LogP contribution in [-0.4, -0.2) is 35.1 Å². The van der Waals surface area contributed by atoms with Gasteiger partial charge in [-0.15, -0.1) is 0 Å². The van der Waals surface area contributed by atoms with Gasteiger partial charge in [-0.2, -0.15) is 0 Å². The molecule has 84 valence electrons. The number of hydrogen-bond acceptors (Lipinski definition) is 4. The molecule has 1 aromatic heterocycles. The third-order valence-corrected chi connectivity index (χ3v) is 2.50. The summed E-state index contributed by atoms with van der Waals surface area (Å²) in [5.41, 5.74) is 0.520. The maximum absolute atomic E-state index is 11.3. The van der Waals surface area contributed by atoms with Crippen molar-refractivity contribution in [1.82, 2.24) is 4.98 Å². The Morgan fingerprint density at radius 3 is 3.12 bits per heavy atom. The first kappa shape index (κ1) is 10.9. The lowest BCUT2D eigenvalue weighted by Crippen LogP contribution is -2.41. The van der Waals surface area contributed by atoms with Crippen LogP contribution in [0.15, 0.2) is 16.7 Å². The SMILES string of the molecule is O=C(O)CN1CC(=O)Nc2cc(Br)cnc21. The Bertz CT molecular complexity index is 463. The second-order valence-electron chi connectivity index (χ2n) is 3.32. The molecule has 1 aliphatic rings. The summed E-state index contributed by atoms with van der Waals surface area (Å²) in [6.45, 7) is -0.233. The Balaban J connectivity index is 2.37. The van der Waals surface area contributed by atoms with Gasteiger partial charge in [0.15, 0.2) is 5.82 Å². The quantitative estimate of drug-likeness (QED) is 0.835. The molecule has 1 aromatic rings. The molecule has 7 heteroatoms. The molecule has 0 radical (unpaired) electrons. The molecule has 1 aliphatic heterocycles. The van der Waals surface area contributed by atoms with E-state index in [-0.39, 0.29) is 19.0 Å². The van der Waals surface area contributed by atoms with Crippen LogP contribution in [0, 0.1) is 0 Å². The number of carbonyl (C=O) groups is 2. The fourth-order valence-corrected chi connectivity index (χ4v) is 1.84. The van der Waals surface area contributed by atoms with Crippen molar-refractivity contribution in [1.29, 1.82) is 0 Å². The minimum absolute atomic E-state index is 0.00787. The minimum atomic E-state index is -0.995. The zero-order valence-corrected chi connectivity index (χ0v) is 9.69. The predicted octanol–water partition coefficient (Wildman–Crippen LogP) is 0.687. The lowest BCUT2D eigenvalue weighted by molar-refractivity contribution is -0.135. The van der Waals surface area contributed by atoms with Crippen molar-refractivity contribution in [3.63, 3.8) is 0 Å². The van der Waals surface area contributed by atoms with Crippen LogP contribution in [0.2, 0.25) is 0 Å². The number of fused-ring (bicyclic) bond motifs is 1. The van der Waals surface area contributed by atoms with Gasteiger partial charge in [-0.25, -0.2) is 4.98 Å². The van der Waals surface area contributed by atoms with E-state index in [1.807, 2.05) is 0 Å². The molecular weight excluding hydrogens is 278 g/mol. The maximum atomic E-state index is 11.3. The highest BCUT2D eigenvalue weighted by Crippen LogP contribution is 2.29. The summed E-state index contributed by atoms with van der Waals surface area (Å²) in [6.07, 6.45) is 1.56. The Kier molecular flexibility index (Phi) is 2.78. The van der Waals surface area contributed by atoms with Crippen molar-refractivity contribution in [3.8, 4) is 0 Å². The Labute approximate surface area is 99.4 Å². The third kappa shape index (κ3) is 2.13. The number of halogens is 1. The van der Waals surface area contributed by atoms with E-state index >= 15 is 0 Å². The van der Waals surface area contributed by atoms with Crippen LogP contribution in [0.1, 0.15) is 0 Å². The highest BCUT2D eigenvalue weighted by atomic mass is 79.9. The molecule has 1 amide bonds. The predicted molar refractivity (Wildman–Crippen MR) is 60.4 cm³/mol. The molecule has 0 aliphatic carbocycles. The molecule has 2 heterocycles. The van der Waals surface area contributed by atoms with Crippen molar-refractivity contribution in [2.45, 2.75) is 0 Å². The zero-order valence-electron chi connectivity index (χ0n) is 8.11. The Morgan fingerprint density at radius 2 is 2.44 bits per heavy atom. The fourth-order valence-electron chi connectivity index (χ4n) is 1.51. The van der Waals surface area contributed by atoms with Gasteiger partial charge < -0.3 is 15.3 Å². The molecule has 2 rings (SSSR count). The number of amides is 1. The minimum Gasteiger partial charge on any atom is -0.480 e. The van der Waals surface area contributed by atoms with Gasteiger partial charge in [0.1, 0.15) is 6.54 Å². The summed E-state index contributed by atoms with van der Waals surface area (Å²) >= 11 is 3.23. The normalized spacial score (nSPS) is 14.3. The van der Waals surface area contributed by atoms with Gasteiger partial charge in [-0.3, -0.25) is 9.59 Å². The highest BCUT2D eigenvalue weighted by molar-refractivity contribution is 9.10. The summed E-state index contributed by atoms with van der Waals surface area (Å²) in [6, 6.07) is 1.69. The molecule has 0 bridgehead atoms. The average molecular weight is 286 g/mol. The molecule has 0 unspecified atom stereocenters. The van der Waals surface area contributed by atoms with Crippen LogP contribution in [-0.2, 0) is 9.59 Å². The lowest BCUT2D eigenvalue weighted by Gasteiger charge is -2.28. The van der Waals surface area contributed by atoms with E-state index in [1.54, 1.807) is 12.3 Å². The second kappa shape index (κ2) is 4.09. The highest BCUT2D eigenvalue weighted by Gasteiger charge is 2.24. The lowest BCUT2D eigenvalue weighted by atomic mass is 10.2. The summed E-state index contributed by atoms with van der Waals surface area (Å²) < 4.78 is 0.726. The zero-order chi connectivity index (χ0) is 11.7. The first-order chi connectivity index (χ1) is 7.56. The standard InChI is InChI=1S/C9H8BrN3O3/c10-5-1-6-9(11-2-5)13(4-8(15)16)3-7(14)12-6/h1-2H,3-4H2,(H,12,14)(H,15,16). The van der Waals surface area contributed by atoms with E-state index in [1.165, 1.54) is 4.90 Å². The Morgan fingerprint density at radius 1 is 1.69 bits per heavy atom. The van der Waals surface area contributed by atoms with Crippen LogP contribution in [0.4, 0.5) is 11.5 Å². The maximum Gasteiger partial charge on any atom is 0.323 e. The van der Waals surface area contributed by atoms with Gasteiger partial charge in [0.2, 0.25) is 5.91 Å². The van der Waals surface area contributed by atoms with E-state index in [0.717, 1.165) is 4.47 Å². The van der Waals surface area contributed by atoms with Crippen molar-refractivity contribution < 1.29 is 14.7 Å². The number of nitrogens with zero attached hydrogens (tertiary/aromatic N) is 2. The summed E-state index contributed by atoms with van der Waals surface area (Å²) in [7, 11) is 0. The molecule has 0 saturated heterocycles. The first-order valence-corrected chi connectivity index (χ1v) is 5.27. The summed E-state index contributed by atoms with van der Waals surface area (Å²) in [4.78, 5) is 27.5. The number of pyridine rings is 1. The van der Waals surface area contributed by atoms with E-state index in [9.17, 15) is 9.59 Å². The van der Waals surface area contributed by atoms with Gasteiger partial charge in [0, 0.05) is 10.7 Å². The summed E-state index contributed by atoms with van der Waals surface area (Å²) in [5.74, 6) is -0.760. The molecule has 6 nitrogen and oxygen atoms in total. The van der Waals surface area contributed by atoms with Crippen molar-refractivity contribution >= 4 is 39.3 Å². The van der Waals surface area contributed by atoms with E-state index < -0.39 is 5.97 Å². The molecule has 0 atom stereocenters. The van der Waals surface area contributed by atoms with Crippen molar-refractivity contribution in [2.24, 2.45) is 0 Å². The van der Waals surface area contributed by atoms with Gasteiger partial charge in [-0.1, -0.05) is 0 Å². The molecule has 0 saturated carbocycles. The topological polar surface area (TPSA) is 82.5 Å². The van der Waals surface area contributed by atoms with Crippen molar-refractivity contribution in [3.05, 3.63) is 16.7 Å². The smallest absolute Gasteiger partial charge is 0.323 e. The van der Waals surface area contributed by atoms with Crippen LogP contribution >= 0.6 is 15.9 Å². The molecule has 0 spiro atoms. The van der Waals surface area contributed by atoms with E-state index in [4.69, 9.17) is 5.11 Å². The largest absolute Gasteiger partial charge is 0.480 e. The van der Waals surface area contributed by atoms with Crippen LogP contribution < -0.4 is 10.2 Å². The number of aromatic nitrogens is 1. The monoisotopic (exact) mass is 285 g/mol. The van der Waals surface area contributed by atoms with Gasteiger partial charge in [0.25, 0.3) is 0 Å². The Hall–Kier alpha value is -1.63. The molecule has 2 N–H and O–H groups in total. The number of carbonyl (C=O) groups excluding carboxylic acids is 1. The molecule has 16 heavy (non-hydrogen) atoms. The number of nitrogens with one attached hydrogen (secondary N) is 1. The number of rotatable bonds is 2.